The predicted molar refractivity (Wildman–Crippen MR) is 97.9 cm³/mol. The Balaban J connectivity index is 1.66. The maximum Gasteiger partial charge on any atom is 0.233 e. The summed E-state index contributed by atoms with van der Waals surface area (Å²) in [5.74, 6) is 7.46. The fraction of sp³-hybridized carbons (Fsp3) is 0.471. The van der Waals surface area contributed by atoms with Crippen LogP contribution in [0.1, 0.15) is 32.6 Å². The second kappa shape index (κ2) is 7.77. The minimum atomic E-state index is -0.282. The number of ether oxygens (including phenoxy) is 1. The third-order valence-electron chi connectivity index (χ3n) is 4.37. The molecule has 1 aromatic carbocycles. The van der Waals surface area contributed by atoms with Crippen molar-refractivity contribution >= 4 is 17.7 Å². The van der Waals surface area contributed by atoms with Crippen LogP contribution in [0.4, 0.5) is 0 Å². The van der Waals surface area contributed by atoms with E-state index in [1.54, 1.807) is 7.11 Å². The Morgan fingerprint density at radius 1 is 1.32 bits per heavy atom. The molecule has 1 amide bonds. The molecule has 7 nitrogen and oxygen atoms in total. The standard InChI is InChI=1S/C17H23N5O2S/c1-11(16(23)19-13-5-3-4-6-13)25-17-21-20-15(22(17)18)12-7-9-14(24-2)10-8-12/h7-11,13H,3-6,18H2,1-2H3,(H,19,23)/t11-/m0/s1. The van der Waals surface area contributed by atoms with Crippen LogP contribution in [0.3, 0.4) is 0 Å². The average molecular weight is 361 g/mol. The van der Waals surface area contributed by atoms with Gasteiger partial charge < -0.3 is 15.9 Å². The van der Waals surface area contributed by atoms with Crippen LogP contribution in [0.15, 0.2) is 29.4 Å². The number of nitrogens with one attached hydrogen (secondary N) is 1. The van der Waals surface area contributed by atoms with Gasteiger partial charge in [-0.3, -0.25) is 4.79 Å². The second-order valence-corrected chi connectivity index (χ2v) is 7.46. The molecule has 1 aliphatic carbocycles. The molecule has 25 heavy (non-hydrogen) atoms. The fourth-order valence-electron chi connectivity index (χ4n) is 2.89. The zero-order valence-electron chi connectivity index (χ0n) is 14.4. The van der Waals surface area contributed by atoms with E-state index in [0.717, 1.165) is 24.2 Å². The third-order valence-corrected chi connectivity index (χ3v) is 5.42. The number of hydrogen-bond acceptors (Lipinski definition) is 6. The van der Waals surface area contributed by atoms with Gasteiger partial charge in [0, 0.05) is 11.6 Å². The van der Waals surface area contributed by atoms with Crippen LogP contribution < -0.4 is 15.9 Å². The highest BCUT2D eigenvalue weighted by molar-refractivity contribution is 8.00. The van der Waals surface area contributed by atoms with Crippen molar-refractivity contribution in [2.75, 3.05) is 13.0 Å². The van der Waals surface area contributed by atoms with Gasteiger partial charge in [-0.15, -0.1) is 10.2 Å². The quantitative estimate of drug-likeness (QED) is 0.605. The van der Waals surface area contributed by atoms with E-state index in [9.17, 15) is 4.79 Å². The summed E-state index contributed by atoms with van der Waals surface area (Å²) in [6.45, 7) is 1.86. The summed E-state index contributed by atoms with van der Waals surface area (Å²) in [5.41, 5.74) is 0.839. The van der Waals surface area contributed by atoms with E-state index in [1.807, 2.05) is 31.2 Å². The van der Waals surface area contributed by atoms with Gasteiger partial charge in [0.1, 0.15) is 5.75 Å². The molecule has 0 bridgehead atoms. The monoisotopic (exact) mass is 361 g/mol. The van der Waals surface area contributed by atoms with Gasteiger partial charge in [-0.25, -0.2) is 4.68 Å². The lowest BCUT2D eigenvalue weighted by atomic mass is 10.2. The molecule has 0 spiro atoms. The highest BCUT2D eigenvalue weighted by Crippen LogP contribution is 2.26. The van der Waals surface area contributed by atoms with E-state index in [1.165, 1.54) is 29.3 Å². The van der Waals surface area contributed by atoms with Crippen LogP contribution in [0, 0.1) is 0 Å². The van der Waals surface area contributed by atoms with E-state index < -0.39 is 0 Å². The van der Waals surface area contributed by atoms with Gasteiger partial charge in [0.25, 0.3) is 0 Å². The molecule has 1 aromatic heterocycles. The number of carbonyl (C=O) groups is 1. The molecule has 1 aliphatic rings. The van der Waals surface area contributed by atoms with Crippen LogP contribution in [0.5, 0.6) is 5.75 Å². The molecule has 0 radical (unpaired) electrons. The normalized spacial score (nSPS) is 15.9. The maximum absolute atomic E-state index is 12.3. The first-order chi connectivity index (χ1) is 12.1. The van der Waals surface area contributed by atoms with Gasteiger partial charge in [0.15, 0.2) is 5.82 Å². The zero-order valence-corrected chi connectivity index (χ0v) is 15.3. The molecule has 3 rings (SSSR count). The molecule has 134 valence electrons. The minimum absolute atomic E-state index is 0.0193. The van der Waals surface area contributed by atoms with Crippen LogP contribution >= 0.6 is 11.8 Å². The molecule has 1 heterocycles. The van der Waals surface area contributed by atoms with Gasteiger partial charge in [-0.1, -0.05) is 24.6 Å². The van der Waals surface area contributed by atoms with Gasteiger partial charge in [0.2, 0.25) is 11.1 Å². The number of aromatic nitrogens is 3. The van der Waals surface area contributed by atoms with Gasteiger partial charge in [0.05, 0.1) is 12.4 Å². The van der Waals surface area contributed by atoms with E-state index >= 15 is 0 Å². The van der Waals surface area contributed by atoms with Crippen molar-refractivity contribution in [1.29, 1.82) is 0 Å². The lowest BCUT2D eigenvalue weighted by Crippen LogP contribution is -2.37. The first-order valence-corrected chi connectivity index (χ1v) is 9.28. The number of carbonyl (C=O) groups excluding carboxylic acids is 1. The van der Waals surface area contributed by atoms with Crippen LogP contribution in [0.25, 0.3) is 11.4 Å². The summed E-state index contributed by atoms with van der Waals surface area (Å²) in [6.07, 6.45) is 4.51. The molecule has 0 unspecified atom stereocenters. The van der Waals surface area contributed by atoms with E-state index in [0.29, 0.717) is 17.0 Å². The van der Waals surface area contributed by atoms with Crippen molar-refractivity contribution in [1.82, 2.24) is 20.2 Å². The summed E-state index contributed by atoms with van der Waals surface area (Å²) in [6, 6.07) is 7.73. The number of hydrogen-bond donors (Lipinski definition) is 2. The number of nitrogen functional groups attached to an aromatic ring is 1. The Bertz CT molecular complexity index is 725. The molecule has 0 aliphatic heterocycles. The average Bonchev–Trinajstić information content (AvgIpc) is 3.25. The van der Waals surface area contributed by atoms with Gasteiger partial charge in [-0.2, -0.15) is 0 Å². The number of thioether (sulfide) groups is 1. The first kappa shape index (κ1) is 17.6. The third kappa shape index (κ3) is 4.07. The van der Waals surface area contributed by atoms with Crippen molar-refractivity contribution in [3.05, 3.63) is 24.3 Å². The number of nitrogens with two attached hydrogens (primary N) is 1. The van der Waals surface area contributed by atoms with E-state index in [2.05, 4.69) is 15.5 Å². The lowest BCUT2D eigenvalue weighted by Gasteiger charge is -2.15. The van der Waals surface area contributed by atoms with Crippen molar-refractivity contribution in [3.8, 4) is 17.1 Å². The minimum Gasteiger partial charge on any atom is -0.497 e. The first-order valence-electron chi connectivity index (χ1n) is 8.40. The Morgan fingerprint density at radius 3 is 2.64 bits per heavy atom. The lowest BCUT2D eigenvalue weighted by molar-refractivity contribution is -0.120. The van der Waals surface area contributed by atoms with E-state index in [4.69, 9.17) is 10.6 Å². The molecule has 1 atom stereocenters. The van der Waals surface area contributed by atoms with E-state index in [-0.39, 0.29) is 11.2 Å². The van der Waals surface area contributed by atoms with Crippen LogP contribution in [-0.2, 0) is 4.79 Å². The molecule has 0 saturated heterocycles. The molecule has 1 saturated carbocycles. The van der Waals surface area contributed by atoms with Crippen molar-refractivity contribution in [3.63, 3.8) is 0 Å². The highest BCUT2D eigenvalue weighted by Gasteiger charge is 2.23. The molecule has 1 fully saturated rings. The highest BCUT2D eigenvalue weighted by atomic mass is 32.2. The fourth-order valence-corrected chi connectivity index (χ4v) is 3.67. The Kier molecular flexibility index (Phi) is 5.47. The van der Waals surface area contributed by atoms with Crippen LogP contribution in [-0.4, -0.2) is 39.2 Å². The zero-order chi connectivity index (χ0) is 17.8. The topological polar surface area (TPSA) is 95.1 Å². The molecule has 2 aromatic rings. The van der Waals surface area contributed by atoms with Gasteiger partial charge >= 0.3 is 0 Å². The Labute approximate surface area is 151 Å². The molecule has 8 heteroatoms. The largest absolute Gasteiger partial charge is 0.497 e. The maximum atomic E-state index is 12.3. The number of rotatable bonds is 6. The summed E-state index contributed by atoms with van der Waals surface area (Å²) >= 11 is 1.31. The smallest absolute Gasteiger partial charge is 0.233 e. The SMILES string of the molecule is COc1ccc(-c2nnc(S[C@@H](C)C(=O)NC3CCCC3)n2N)cc1. The van der Waals surface area contributed by atoms with Crippen molar-refractivity contribution in [2.24, 2.45) is 0 Å². The van der Waals surface area contributed by atoms with Crippen molar-refractivity contribution in [2.45, 2.75) is 49.1 Å². The van der Waals surface area contributed by atoms with Crippen LogP contribution in [0.2, 0.25) is 0 Å². The number of amides is 1. The molecular formula is C17H23N5O2S. The second-order valence-electron chi connectivity index (χ2n) is 6.15. The summed E-state index contributed by atoms with van der Waals surface area (Å²) in [4.78, 5) is 12.3. The Morgan fingerprint density at radius 2 is 2.00 bits per heavy atom. The summed E-state index contributed by atoms with van der Waals surface area (Å²) < 4.78 is 6.57. The van der Waals surface area contributed by atoms with Crippen molar-refractivity contribution < 1.29 is 9.53 Å². The number of methoxy groups -OCH3 is 1. The molecular weight excluding hydrogens is 338 g/mol. The molecule has 3 N–H and O–H groups in total. The Hall–Kier alpha value is -2.22. The summed E-state index contributed by atoms with van der Waals surface area (Å²) in [7, 11) is 1.62. The predicted octanol–water partition coefficient (Wildman–Crippen LogP) is 2.21. The summed E-state index contributed by atoms with van der Waals surface area (Å²) in [5, 5.41) is 11.6. The number of nitrogens with zero attached hydrogens (tertiary/aromatic N) is 3. The number of benzene rings is 1. The van der Waals surface area contributed by atoms with Gasteiger partial charge in [-0.05, 0) is 44.0 Å².